The van der Waals surface area contributed by atoms with E-state index < -0.39 is 0 Å². The Hall–Kier alpha value is -1.02. The summed E-state index contributed by atoms with van der Waals surface area (Å²) in [4.78, 5) is 0. The average Bonchev–Trinajstić information content (AvgIpc) is 2.44. The second kappa shape index (κ2) is 9.83. The Kier molecular flexibility index (Phi) is 8.44. The minimum atomic E-state index is 0.578. The van der Waals surface area contributed by atoms with Gasteiger partial charge in [0.2, 0.25) is 0 Å². The Morgan fingerprint density at radius 2 is 1.48 bits per heavy atom. The molecule has 0 fully saturated rings. The Balaban J connectivity index is 2.27. The molecule has 0 bridgehead atoms. The summed E-state index contributed by atoms with van der Waals surface area (Å²) >= 11 is 0. The molecule has 21 heavy (non-hydrogen) atoms. The summed E-state index contributed by atoms with van der Waals surface area (Å²) in [5.74, 6) is 2.46. The van der Waals surface area contributed by atoms with Crippen molar-refractivity contribution in [1.29, 1.82) is 0 Å². The third-order valence-corrected chi connectivity index (χ3v) is 3.72. The molecule has 1 rings (SSSR count). The molecule has 0 aliphatic rings. The minimum absolute atomic E-state index is 0.578. The Morgan fingerprint density at radius 1 is 0.857 bits per heavy atom. The van der Waals surface area contributed by atoms with Gasteiger partial charge in [0.25, 0.3) is 0 Å². The first-order chi connectivity index (χ1) is 9.97. The van der Waals surface area contributed by atoms with E-state index in [4.69, 9.17) is 4.74 Å². The smallest absolute Gasteiger partial charge is 0.119 e. The third-order valence-electron chi connectivity index (χ3n) is 3.72. The van der Waals surface area contributed by atoms with E-state index in [2.05, 4.69) is 64.2 Å². The number of hydrogen-bond donors (Lipinski definition) is 1. The van der Waals surface area contributed by atoms with E-state index >= 15 is 0 Å². The van der Waals surface area contributed by atoms with Gasteiger partial charge in [-0.25, -0.2) is 0 Å². The highest BCUT2D eigenvalue weighted by atomic mass is 16.5. The van der Waals surface area contributed by atoms with E-state index in [1.165, 1.54) is 18.4 Å². The molecular formula is C19H33NO. The molecule has 0 aliphatic heterocycles. The standard InChI is InChI=1S/C19H33NO/c1-15(2)6-7-17(5)20-14-18-8-10-19(11-9-18)21-13-12-16(3)4/h8-11,15-17,20H,6-7,12-14H2,1-5H3. The van der Waals surface area contributed by atoms with Gasteiger partial charge in [0.15, 0.2) is 0 Å². The molecule has 1 aromatic carbocycles. The quantitative estimate of drug-likeness (QED) is 0.653. The van der Waals surface area contributed by atoms with Crippen molar-refractivity contribution in [2.24, 2.45) is 11.8 Å². The van der Waals surface area contributed by atoms with Gasteiger partial charge in [-0.2, -0.15) is 0 Å². The fourth-order valence-corrected chi connectivity index (χ4v) is 2.09. The highest BCUT2D eigenvalue weighted by Gasteiger charge is 2.03. The van der Waals surface area contributed by atoms with Crippen LogP contribution in [-0.4, -0.2) is 12.6 Å². The zero-order chi connectivity index (χ0) is 15.7. The van der Waals surface area contributed by atoms with E-state index in [-0.39, 0.29) is 0 Å². The summed E-state index contributed by atoms with van der Waals surface area (Å²) in [5.41, 5.74) is 1.32. The zero-order valence-electron chi connectivity index (χ0n) is 14.5. The molecule has 0 radical (unpaired) electrons. The van der Waals surface area contributed by atoms with Gasteiger partial charge in [-0.1, -0.05) is 39.8 Å². The number of benzene rings is 1. The van der Waals surface area contributed by atoms with Crippen molar-refractivity contribution in [3.63, 3.8) is 0 Å². The van der Waals surface area contributed by atoms with Gasteiger partial charge in [-0.15, -0.1) is 0 Å². The Morgan fingerprint density at radius 3 is 2.05 bits per heavy atom. The zero-order valence-corrected chi connectivity index (χ0v) is 14.5. The molecule has 120 valence electrons. The summed E-state index contributed by atoms with van der Waals surface area (Å²) in [7, 11) is 0. The van der Waals surface area contributed by atoms with Crippen LogP contribution in [0.2, 0.25) is 0 Å². The summed E-state index contributed by atoms with van der Waals surface area (Å²) in [5, 5.41) is 3.59. The molecule has 1 unspecified atom stereocenters. The van der Waals surface area contributed by atoms with Gasteiger partial charge >= 0.3 is 0 Å². The first-order valence-corrected chi connectivity index (χ1v) is 8.42. The molecule has 2 nitrogen and oxygen atoms in total. The predicted octanol–water partition coefficient (Wildman–Crippen LogP) is 5.03. The van der Waals surface area contributed by atoms with Crippen LogP contribution in [0, 0.1) is 11.8 Å². The van der Waals surface area contributed by atoms with Crippen molar-refractivity contribution in [1.82, 2.24) is 5.32 Å². The number of nitrogens with one attached hydrogen (secondary N) is 1. The first kappa shape index (κ1) is 18.0. The maximum absolute atomic E-state index is 5.74. The van der Waals surface area contributed by atoms with Crippen molar-refractivity contribution in [3.8, 4) is 5.75 Å². The largest absolute Gasteiger partial charge is 0.494 e. The molecular weight excluding hydrogens is 258 g/mol. The lowest BCUT2D eigenvalue weighted by Gasteiger charge is -2.15. The van der Waals surface area contributed by atoms with E-state index in [0.29, 0.717) is 12.0 Å². The van der Waals surface area contributed by atoms with Crippen LogP contribution in [0.1, 0.15) is 59.4 Å². The topological polar surface area (TPSA) is 21.3 Å². The summed E-state index contributed by atoms with van der Waals surface area (Å²) in [6, 6.07) is 9.06. The van der Waals surface area contributed by atoms with Gasteiger partial charge in [-0.05, 0) is 55.7 Å². The molecule has 0 aromatic heterocycles. The monoisotopic (exact) mass is 291 g/mol. The van der Waals surface area contributed by atoms with E-state index in [9.17, 15) is 0 Å². The van der Waals surface area contributed by atoms with Crippen molar-refractivity contribution >= 4 is 0 Å². The van der Waals surface area contributed by atoms with Gasteiger partial charge < -0.3 is 10.1 Å². The molecule has 0 saturated heterocycles. The lowest BCUT2D eigenvalue weighted by atomic mass is 10.0. The van der Waals surface area contributed by atoms with Crippen LogP contribution in [0.15, 0.2) is 24.3 Å². The molecule has 1 N–H and O–H groups in total. The molecule has 0 saturated carbocycles. The summed E-state index contributed by atoms with van der Waals surface area (Å²) in [6.45, 7) is 13.0. The maximum Gasteiger partial charge on any atom is 0.119 e. The molecule has 1 atom stereocenters. The van der Waals surface area contributed by atoms with Crippen molar-refractivity contribution < 1.29 is 4.74 Å². The highest BCUT2D eigenvalue weighted by Crippen LogP contribution is 2.14. The second-order valence-corrected chi connectivity index (χ2v) is 6.93. The van der Waals surface area contributed by atoms with Crippen LogP contribution >= 0.6 is 0 Å². The van der Waals surface area contributed by atoms with E-state index in [1.54, 1.807) is 0 Å². The van der Waals surface area contributed by atoms with Gasteiger partial charge in [0, 0.05) is 12.6 Å². The van der Waals surface area contributed by atoms with Crippen LogP contribution in [-0.2, 0) is 6.54 Å². The first-order valence-electron chi connectivity index (χ1n) is 8.42. The molecule has 2 heteroatoms. The van der Waals surface area contributed by atoms with Gasteiger partial charge in [0.05, 0.1) is 6.61 Å². The average molecular weight is 291 g/mol. The van der Waals surface area contributed by atoms with Crippen LogP contribution in [0.4, 0.5) is 0 Å². The molecule has 0 amide bonds. The fourth-order valence-electron chi connectivity index (χ4n) is 2.09. The van der Waals surface area contributed by atoms with Crippen LogP contribution in [0.3, 0.4) is 0 Å². The predicted molar refractivity (Wildman–Crippen MR) is 91.8 cm³/mol. The second-order valence-electron chi connectivity index (χ2n) is 6.93. The van der Waals surface area contributed by atoms with Crippen molar-refractivity contribution in [3.05, 3.63) is 29.8 Å². The molecule has 1 aromatic rings. The fraction of sp³-hybridized carbons (Fsp3) is 0.684. The Bertz CT molecular complexity index is 370. The lowest BCUT2D eigenvalue weighted by Crippen LogP contribution is -2.25. The number of rotatable bonds is 10. The highest BCUT2D eigenvalue weighted by molar-refractivity contribution is 5.27. The van der Waals surface area contributed by atoms with Crippen molar-refractivity contribution in [2.75, 3.05) is 6.61 Å². The van der Waals surface area contributed by atoms with Crippen molar-refractivity contribution in [2.45, 2.75) is 66.5 Å². The van der Waals surface area contributed by atoms with Gasteiger partial charge in [-0.3, -0.25) is 0 Å². The maximum atomic E-state index is 5.74. The molecule has 0 heterocycles. The van der Waals surface area contributed by atoms with E-state index in [0.717, 1.165) is 31.2 Å². The number of ether oxygens (including phenoxy) is 1. The van der Waals surface area contributed by atoms with Crippen LogP contribution < -0.4 is 10.1 Å². The molecule has 0 spiro atoms. The lowest BCUT2D eigenvalue weighted by molar-refractivity contribution is 0.289. The third kappa shape index (κ3) is 8.77. The van der Waals surface area contributed by atoms with Crippen LogP contribution in [0.25, 0.3) is 0 Å². The normalized spacial score (nSPS) is 12.9. The number of hydrogen-bond acceptors (Lipinski definition) is 2. The van der Waals surface area contributed by atoms with Gasteiger partial charge in [0.1, 0.15) is 5.75 Å². The SMILES string of the molecule is CC(C)CCOc1ccc(CNC(C)CCC(C)C)cc1. The minimum Gasteiger partial charge on any atom is -0.494 e. The summed E-state index contributed by atoms with van der Waals surface area (Å²) in [6.07, 6.45) is 3.64. The molecule has 0 aliphatic carbocycles. The summed E-state index contributed by atoms with van der Waals surface area (Å²) < 4.78 is 5.74. The van der Waals surface area contributed by atoms with E-state index in [1.807, 2.05) is 0 Å². The Labute approximate surface area is 131 Å². The van der Waals surface area contributed by atoms with Crippen LogP contribution in [0.5, 0.6) is 5.75 Å².